The summed E-state index contributed by atoms with van der Waals surface area (Å²) in [5.41, 5.74) is -2.89. The van der Waals surface area contributed by atoms with E-state index in [1.54, 1.807) is 0 Å². The zero-order valence-electron chi connectivity index (χ0n) is 17.2. The van der Waals surface area contributed by atoms with Crippen molar-refractivity contribution >= 4 is 28.9 Å². The lowest BCUT2D eigenvalue weighted by molar-refractivity contribution is -0.273. The third kappa shape index (κ3) is 4.34. The van der Waals surface area contributed by atoms with Gasteiger partial charge in [-0.15, -0.1) is 11.3 Å². The molecule has 0 aliphatic carbocycles. The van der Waals surface area contributed by atoms with Gasteiger partial charge in [0.2, 0.25) is 5.60 Å². The fourth-order valence-electron chi connectivity index (χ4n) is 3.53. The van der Waals surface area contributed by atoms with Crippen molar-refractivity contribution in [3.05, 3.63) is 79.7 Å². The van der Waals surface area contributed by atoms with E-state index in [1.807, 2.05) is 6.07 Å². The van der Waals surface area contributed by atoms with Crippen LogP contribution >= 0.6 is 22.9 Å². The van der Waals surface area contributed by atoms with E-state index in [2.05, 4.69) is 0 Å². The molecule has 172 valence electrons. The van der Waals surface area contributed by atoms with Crippen molar-refractivity contribution in [3.63, 3.8) is 0 Å². The number of aliphatic hydroxyl groups is 1. The number of nitrogens with zero attached hydrogens (tertiary/aromatic N) is 1. The number of thiophene rings is 1. The highest BCUT2D eigenvalue weighted by Gasteiger charge is 2.60. The summed E-state index contributed by atoms with van der Waals surface area (Å²) in [7, 11) is 0. The maximum absolute atomic E-state index is 14.1. The third-order valence-electron chi connectivity index (χ3n) is 5.45. The van der Waals surface area contributed by atoms with Crippen molar-refractivity contribution in [1.29, 1.82) is 5.26 Å². The molecule has 0 aliphatic rings. The second-order valence-corrected chi connectivity index (χ2v) is 8.92. The normalized spacial score (nSPS) is 14.4. The molecule has 0 amide bonds. The molecule has 0 spiro atoms. The number of aromatic carboxylic acids is 1. The SMILES string of the molecule is Cc1cc(C(O)(C(C)c2ccc(-c3ccc(C(=O)O)c(F)c3)cc2Cl)C(F)(F)F)sc1C#N. The number of halogens is 5. The first kappa shape index (κ1) is 24.7. The van der Waals surface area contributed by atoms with Gasteiger partial charge in [-0.3, -0.25) is 0 Å². The van der Waals surface area contributed by atoms with Gasteiger partial charge in [0.15, 0.2) is 0 Å². The highest BCUT2D eigenvalue weighted by molar-refractivity contribution is 7.12. The predicted octanol–water partition coefficient (Wildman–Crippen LogP) is 6.64. The standard InChI is InChI=1S/C23H16ClF4NO3S/c1-11-7-20(33-19(11)10-29)22(32,23(26,27)28)12(2)15-5-3-13(8-17(15)24)14-4-6-16(21(30)31)18(25)9-14/h3-9,12,32H,1-2H3,(H,30,31). The van der Waals surface area contributed by atoms with Crippen LogP contribution in [0.15, 0.2) is 42.5 Å². The van der Waals surface area contributed by atoms with Gasteiger partial charge in [0.05, 0.1) is 5.56 Å². The van der Waals surface area contributed by atoms with Crippen molar-refractivity contribution in [3.8, 4) is 17.2 Å². The van der Waals surface area contributed by atoms with Gasteiger partial charge in [-0.1, -0.05) is 36.7 Å². The summed E-state index contributed by atoms with van der Waals surface area (Å²) in [5.74, 6) is -3.95. The number of carbonyl (C=O) groups is 1. The Balaban J connectivity index is 2.07. The van der Waals surface area contributed by atoms with Gasteiger partial charge in [-0.25, -0.2) is 9.18 Å². The topological polar surface area (TPSA) is 81.3 Å². The lowest BCUT2D eigenvalue weighted by Gasteiger charge is -2.35. The molecule has 3 rings (SSSR count). The fourth-order valence-corrected chi connectivity index (χ4v) is 5.04. The number of hydrogen-bond acceptors (Lipinski definition) is 4. The van der Waals surface area contributed by atoms with Gasteiger partial charge in [0.1, 0.15) is 16.8 Å². The molecule has 0 saturated carbocycles. The van der Waals surface area contributed by atoms with Gasteiger partial charge in [-0.2, -0.15) is 18.4 Å². The van der Waals surface area contributed by atoms with Crippen molar-refractivity contribution in [2.24, 2.45) is 0 Å². The fraction of sp³-hybridized carbons (Fsp3) is 0.217. The van der Waals surface area contributed by atoms with Crippen LogP contribution in [0.2, 0.25) is 5.02 Å². The van der Waals surface area contributed by atoms with Crippen molar-refractivity contribution in [2.45, 2.75) is 31.5 Å². The molecule has 2 N–H and O–H groups in total. The van der Waals surface area contributed by atoms with Crippen LogP contribution in [0.3, 0.4) is 0 Å². The molecule has 1 aromatic heterocycles. The second-order valence-electron chi connectivity index (χ2n) is 7.46. The molecular weight excluding hydrogens is 482 g/mol. The summed E-state index contributed by atoms with van der Waals surface area (Å²) in [6, 6.07) is 10.4. The summed E-state index contributed by atoms with van der Waals surface area (Å²) in [5, 5.41) is 28.9. The van der Waals surface area contributed by atoms with E-state index in [0.29, 0.717) is 22.5 Å². The average molecular weight is 498 g/mol. The van der Waals surface area contributed by atoms with Crippen LogP contribution in [0.4, 0.5) is 17.6 Å². The quantitative estimate of drug-likeness (QED) is 0.387. The summed E-state index contributed by atoms with van der Waals surface area (Å²) < 4.78 is 56.4. The molecule has 0 bridgehead atoms. The van der Waals surface area contributed by atoms with Crippen LogP contribution in [0.1, 0.15) is 44.1 Å². The van der Waals surface area contributed by atoms with Crippen LogP contribution in [0.25, 0.3) is 11.1 Å². The van der Waals surface area contributed by atoms with E-state index in [0.717, 1.165) is 18.2 Å². The summed E-state index contributed by atoms with van der Waals surface area (Å²) in [6.07, 6.45) is -5.08. The third-order valence-corrected chi connectivity index (χ3v) is 7.05. The molecule has 33 heavy (non-hydrogen) atoms. The van der Waals surface area contributed by atoms with Crippen molar-refractivity contribution in [1.82, 2.24) is 0 Å². The van der Waals surface area contributed by atoms with Crippen LogP contribution in [-0.4, -0.2) is 22.4 Å². The van der Waals surface area contributed by atoms with Gasteiger partial charge in [0, 0.05) is 15.8 Å². The first-order valence-electron chi connectivity index (χ1n) is 9.44. The smallest absolute Gasteiger partial charge is 0.422 e. The number of rotatable bonds is 5. The van der Waals surface area contributed by atoms with E-state index in [-0.39, 0.29) is 21.0 Å². The van der Waals surface area contributed by atoms with Crippen LogP contribution in [-0.2, 0) is 5.60 Å². The molecule has 10 heteroatoms. The minimum atomic E-state index is -5.08. The van der Waals surface area contributed by atoms with Gasteiger partial charge < -0.3 is 10.2 Å². The minimum absolute atomic E-state index is 0.00701. The average Bonchev–Trinajstić information content (AvgIpc) is 3.12. The Bertz CT molecular complexity index is 1280. The van der Waals surface area contributed by atoms with E-state index in [4.69, 9.17) is 22.0 Å². The number of benzene rings is 2. The molecule has 4 nitrogen and oxygen atoms in total. The van der Waals surface area contributed by atoms with Gasteiger partial charge >= 0.3 is 12.1 Å². The maximum Gasteiger partial charge on any atom is 0.422 e. The zero-order valence-corrected chi connectivity index (χ0v) is 18.7. The molecule has 2 unspecified atom stereocenters. The predicted molar refractivity (Wildman–Crippen MR) is 116 cm³/mol. The number of hydrogen-bond donors (Lipinski definition) is 2. The summed E-state index contributed by atoms with van der Waals surface area (Å²) in [6.45, 7) is 2.66. The highest BCUT2D eigenvalue weighted by Crippen LogP contribution is 2.52. The minimum Gasteiger partial charge on any atom is -0.478 e. The Labute approximate surface area is 195 Å². The lowest BCUT2D eigenvalue weighted by Crippen LogP contribution is -2.46. The van der Waals surface area contributed by atoms with Crippen LogP contribution < -0.4 is 0 Å². The second kappa shape index (κ2) is 8.78. The Morgan fingerprint density at radius 1 is 1.15 bits per heavy atom. The number of aryl methyl sites for hydroxylation is 1. The highest BCUT2D eigenvalue weighted by atomic mass is 35.5. The summed E-state index contributed by atoms with van der Waals surface area (Å²) in [4.78, 5) is 10.6. The molecule has 2 atom stereocenters. The van der Waals surface area contributed by atoms with Crippen LogP contribution in [0, 0.1) is 24.1 Å². The zero-order chi connectivity index (χ0) is 24.7. The van der Waals surface area contributed by atoms with E-state index < -0.39 is 39.9 Å². The first-order chi connectivity index (χ1) is 15.3. The molecule has 0 saturated heterocycles. The molecule has 3 aromatic rings. The lowest BCUT2D eigenvalue weighted by atomic mass is 9.81. The largest absolute Gasteiger partial charge is 0.478 e. The number of nitriles is 1. The Morgan fingerprint density at radius 3 is 2.24 bits per heavy atom. The molecule has 0 aliphatic heterocycles. The molecule has 0 fully saturated rings. The molecule has 2 aromatic carbocycles. The van der Waals surface area contributed by atoms with Gasteiger partial charge in [0.25, 0.3) is 0 Å². The van der Waals surface area contributed by atoms with E-state index >= 15 is 0 Å². The Hall–Kier alpha value is -2.93. The van der Waals surface area contributed by atoms with Crippen molar-refractivity contribution in [2.75, 3.05) is 0 Å². The van der Waals surface area contributed by atoms with Crippen LogP contribution in [0.5, 0.6) is 0 Å². The molecular formula is C23H16ClF4NO3S. The van der Waals surface area contributed by atoms with Crippen molar-refractivity contribution < 1.29 is 32.6 Å². The Kier molecular flexibility index (Phi) is 6.58. The Morgan fingerprint density at radius 2 is 1.76 bits per heavy atom. The number of carboxylic acid groups (broad SMARTS) is 1. The molecule has 1 heterocycles. The van der Waals surface area contributed by atoms with E-state index in [9.17, 15) is 27.5 Å². The first-order valence-corrected chi connectivity index (χ1v) is 10.6. The number of alkyl halides is 3. The molecule has 0 radical (unpaired) electrons. The monoisotopic (exact) mass is 497 g/mol. The van der Waals surface area contributed by atoms with Gasteiger partial charge in [-0.05, 0) is 53.4 Å². The van der Waals surface area contributed by atoms with E-state index in [1.165, 1.54) is 38.1 Å². The maximum atomic E-state index is 14.1. The summed E-state index contributed by atoms with van der Waals surface area (Å²) >= 11 is 6.85. The number of carboxylic acids is 1.